The van der Waals surface area contributed by atoms with Crippen molar-refractivity contribution in [3.8, 4) is 0 Å². The van der Waals surface area contributed by atoms with Gasteiger partial charge in [-0.3, -0.25) is 0 Å². The SMILES string of the molecule is CCC(C)CN(C)CCNCC1CC1. The van der Waals surface area contributed by atoms with Crippen molar-refractivity contribution in [3.05, 3.63) is 0 Å². The molecule has 14 heavy (non-hydrogen) atoms. The van der Waals surface area contributed by atoms with Gasteiger partial charge in [0.05, 0.1) is 0 Å². The van der Waals surface area contributed by atoms with Crippen molar-refractivity contribution in [3.63, 3.8) is 0 Å². The summed E-state index contributed by atoms with van der Waals surface area (Å²) in [4.78, 5) is 2.44. The molecule has 0 spiro atoms. The summed E-state index contributed by atoms with van der Waals surface area (Å²) < 4.78 is 0. The molecule has 1 N–H and O–H groups in total. The van der Waals surface area contributed by atoms with Crippen molar-refractivity contribution in [1.29, 1.82) is 0 Å². The van der Waals surface area contributed by atoms with E-state index in [-0.39, 0.29) is 0 Å². The number of nitrogens with one attached hydrogen (secondary N) is 1. The van der Waals surface area contributed by atoms with Crippen LogP contribution in [0.25, 0.3) is 0 Å². The minimum Gasteiger partial charge on any atom is -0.315 e. The van der Waals surface area contributed by atoms with Crippen LogP contribution in [0.2, 0.25) is 0 Å². The fraction of sp³-hybridized carbons (Fsp3) is 1.00. The molecule has 0 aliphatic heterocycles. The van der Waals surface area contributed by atoms with Crippen LogP contribution in [0.5, 0.6) is 0 Å². The first-order valence-corrected chi connectivity index (χ1v) is 6.11. The van der Waals surface area contributed by atoms with Crippen molar-refractivity contribution >= 4 is 0 Å². The third kappa shape index (κ3) is 5.61. The Hall–Kier alpha value is -0.0800. The van der Waals surface area contributed by atoms with Crippen molar-refractivity contribution in [2.24, 2.45) is 11.8 Å². The molecule has 1 fully saturated rings. The van der Waals surface area contributed by atoms with Crippen molar-refractivity contribution in [1.82, 2.24) is 10.2 Å². The molecule has 0 amide bonds. The van der Waals surface area contributed by atoms with E-state index in [0.717, 1.165) is 18.4 Å². The van der Waals surface area contributed by atoms with Gasteiger partial charge in [-0.1, -0.05) is 20.3 Å². The molecule has 1 aliphatic rings. The monoisotopic (exact) mass is 198 g/mol. The van der Waals surface area contributed by atoms with E-state index in [0.29, 0.717) is 0 Å². The van der Waals surface area contributed by atoms with Gasteiger partial charge in [0.15, 0.2) is 0 Å². The summed E-state index contributed by atoms with van der Waals surface area (Å²) in [5.74, 6) is 1.85. The number of nitrogens with zero attached hydrogens (tertiary/aromatic N) is 1. The smallest absolute Gasteiger partial charge is 0.0104 e. The zero-order valence-electron chi connectivity index (χ0n) is 10.1. The molecule has 0 bridgehead atoms. The van der Waals surface area contributed by atoms with Crippen LogP contribution in [-0.2, 0) is 0 Å². The van der Waals surface area contributed by atoms with Gasteiger partial charge in [-0.25, -0.2) is 0 Å². The van der Waals surface area contributed by atoms with Gasteiger partial charge in [-0.2, -0.15) is 0 Å². The predicted molar refractivity (Wildman–Crippen MR) is 62.5 cm³/mol. The highest BCUT2D eigenvalue weighted by Crippen LogP contribution is 2.27. The number of likely N-dealkylation sites (N-methyl/N-ethyl adjacent to an activating group) is 1. The summed E-state index contributed by atoms with van der Waals surface area (Å²) in [6.45, 7) is 9.43. The zero-order chi connectivity index (χ0) is 10.4. The van der Waals surface area contributed by atoms with E-state index in [1.54, 1.807) is 0 Å². The van der Waals surface area contributed by atoms with Crippen molar-refractivity contribution in [2.45, 2.75) is 33.1 Å². The second-order valence-corrected chi connectivity index (χ2v) is 4.92. The molecule has 0 aromatic rings. The van der Waals surface area contributed by atoms with Crippen molar-refractivity contribution < 1.29 is 0 Å². The van der Waals surface area contributed by atoms with Gasteiger partial charge in [0.1, 0.15) is 0 Å². The summed E-state index contributed by atoms with van der Waals surface area (Å²) in [6.07, 6.45) is 4.20. The fourth-order valence-corrected chi connectivity index (χ4v) is 1.65. The maximum Gasteiger partial charge on any atom is 0.0104 e. The summed E-state index contributed by atoms with van der Waals surface area (Å²) in [5, 5.41) is 3.53. The van der Waals surface area contributed by atoms with E-state index < -0.39 is 0 Å². The summed E-state index contributed by atoms with van der Waals surface area (Å²) >= 11 is 0. The van der Waals surface area contributed by atoms with Gasteiger partial charge in [0.2, 0.25) is 0 Å². The van der Waals surface area contributed by atoms with Gasteiger partial charge in [0, 0.05) is 19.6 Å². The molecular formula is C12H26N2. The third-order valence-corrected chi connectivity index (χ3v) is 3.12. The first-order valence-electron chi connectivity index (χ1n) is 6.11. The van der Waals surface area contributed by atoms with E-state index in [4.69, 9.17) is 0 Å². The Morgan fingerprint density at radius 3 is 2.71 bits per heavy atom. The quantitative estimate of drug-likeness (QED) is 0.600. The number of hydrogen-bond acceptors (Lipinski definition) is 2. The minimum atomic E-state index is 0.837. The summed E-state index contributed by atoms with van der Waals surface area (Å²) in [6, 6.07) is 0. The highest BCUT2D eigenvalue weighted by molar-refractivity contribution is 4.75. The van der Waals surface area contributed by atoms with Crippen LogP contribution in [0.3, 0.4) is 0 Å². The molecule has 1 aliphatic carbocycles. The Balaban J connectivity index is 1.88. The number of rotatable bonds is 8. The van der Waals surface area contributed by atoms with Crippen LogP contribution in [-0.4, -0.2) is 38.1 Å². The highest BCUT2D eigenvalue weighted by atomic mass is 15.1. The molecular weight excluding hydrogens is 172 g/mol. The Morgan fingerprint density at radius 1 is 1.43 bits per heavy atom. The van der Waals surface area contributed by atoms with Gasteiger partial charge in [-0.05, 0) is 38.3 Å². The Morgan fingerprint density at radius 2 is 2.14 bits per heavy atom. The Kier molecular flexibility index (Phi) is 5.49. The van der Waals surface area contributed by atoms with Gasteiger partial charge in [0.25, 0.3) is 0 Å². The molecule has 0 aromatic carbocycles. The van der Waals surface area contributed by atoms with E-state index in [9.17, 15) is 0 Å². The van der Waals surface area contributed by atoms with E-state index in [1.165, 1.54) is 38.9 Å². The van der Waals surface area contributed by atoms with Crippen LogP contribution in [0.1, 0.15) is 33.1 Å². The maximum absolute atomic E-state index is 3.53. The van der Waals surface area contributed by atoms with Crippen LogP contribution < -0.4 is 5.32 Å². The molecule has 0 radical (unpaired) electrons. The maximum atomic E-state index is 3.53. The van der Waals surface area contributed by atoms with Gasteiger partial charge in [-0.15, -0.1) is 0 Å². The molecule has 1 rings (SSSR count). The molecule has 84 valence electrons. The lowest BCUT2D eigenvalue weighted by atomic mass is 10.1. The molecule has 1 unspecified atom stereocenters. The fourth-order valence-electron chi connectivity index (χ4n) is 1.65. The van der Waals surface area contributed by atoms with Gasteiger partial charge >= 0.3 is 0 Å². The second kappa shape index (κ2) is 6.41. The zero-order valence-corrected chi connectivity index (χ0v) is 10.1. The van der Waals surface area contributed by atoms with Crippen LogP contribution in [0.4, 0.5) is 0 Å². The van der Waals surface area contributed by atoms with E-state index >= 15 is 0 Å². The van der Waals surface area contributed by atoms with Crippen molar-refractivity contribution in [2.75, 3.05) is 33.2 Å². The lowest BCUT2D eigenvalue weighted by Gasteiger charge is -2.20. The molecule has 0 saturated heterocycles. The Labute approximate surface area is 89.1 Å². The molecule has 2 heteroatoms. The van der Waals surface area contributed by atoms with E-state index in [2.05, 4.69) is 31.1 Å². The molecule has 0 aromatic heterocycles. The largest absolute Gasteiger partial charge is 0.315 e. The first kappa shape index (κ1) is 12.0. The summed E-state index contributed by atoms with van der Waals surface area (Å²) in [7, 11) is 2.23. The van der Waals surface area contributed by atoms with E-state index in [1.807, 2.05) is 0 Å². The average molecular weight is 198 g/mol. The molecule has 1 atom stereocenters. The Bertz CT molecular complexity index is 143. The standard InChI is InChI=1S/C12H26N2/c1-4-11(2)10-14(3)8-7-13-9-12-5-6-12/h11-13H,4-10H2,1-3H3. The summed E-state index contributed by atoms with van der Waals surface area (Å²) in [5.41, 5.74) is 0. The average Bonchev–Trinajstić information content (AvgIpc) is 2.96. The van der Waals surface area contributed by atoms with Crippen LogP contribution in [0.15, 0.2) is 0 Å². The van der Waals surface area contributed by atoms with Crippen LogP contribution in [0, 0.1) is 11.8 Å². The molecule has 1 saturated carbocycles. The normalized spacial score (nSPS) is 18.9. The molecule has 0 heterocycles. The second-order valence-electron chi connectivity index (χ2n) is 4.92. The number of hydrogen-bond donors (Lipinski definition) is 1. The van der Waals surface area contributed by atoms with Crippen LogP contribution >= 0.6 is 0 Å². The minimum absolute atomic E-state index is 0.837. The topological polar surface area (TPSA) is 15.3 Å². The lowest BCUT2D eigenvalue weighted by Crippen LogP contribution is -2.32. The highest BCUT2D eigenvalue weighted by Gasteiger charge is 2.19. The lowest BCUT2D eigenvalue weighted by molar-refractivity contribution is 0.281. The molecule has 2 nitrogen and oxygen atoms in total. The predicted octanol–water partition coefficient (Wildman–Crippen LogP) is 1.96. The van der Waals surface area contributed by atoms with Gasteiger partial charge < -0.3 is 10.2 Å². The third-order valence-electron chi connectivity index (χ3n) is 3.12. The first-order chi connectivity index (χ1) is 6.72.